The molecule has 0 radical (unpaired) electrons. The third kappa shape index (κ3) is 3.71. The van der Waals surface area contributed by atoms with E-state index in [1.807, 2.05) is 6.92 Å². The highest BCUT2D eigenvalue weighted by Crippen LogP contribution is 2.72. The van der Waals surface area contributed by atoms with Gasteiger partial charge >= 0.3 is 5.97 Å². The van der Waals surface area contributed by atoms with Gasteiger partial charge in [-0.05, 0) is 94.1 Å². The topological polar surface area (TPSA) is 89.9 Å². The van der Waals surface area contributed by atoms with Crippen LogP contribution >= 0.6 is 0 Å². The Morgan fingerprint density at radius 3 is 2.43 bits per heavy atom. The second-order valence-corrected chi connectivity index (χ2v) is 14.0. The van der Waals surface area contributed by atoms with Gasteiger partial charge in [0, 0.05) is 11.3 Å². The van der Waals surface area contributed by atoms with Crippen molar-refractivity contribution in [2.75, 3.05) is 13.7 Å². The maximum absolute atomic E-state index is 12.9. The lowest BCUT2D eigenvalue weighted by Crippen LogP contribution is -2.67. The molecule has 0 saturated heterocycles. The maximum Gasteiger partial charge on any atom is 0.311 e. The van der Waals surface area contributed by atoms with E-state index in [-0.39, 0.29) is 46.1 Å². The number of aryl methyl sites for hydroxylation is 1. The average Bonchev–Trinajstić information content (AvgIpc) is 2.83. The second-order valence-electron chi connectivity index (χ2n) is 12.3. The predicted molar refractivity (Wildman–Crippen MR) is 132 cm³/mol. The minimum atomic E-state index is -3.87. The van der Waals surface area contributed by atoms with E-state index >= 15 is 0 Å². The van der Waals surface area contributed by atoms with Gasteiger partial charge in [-0.2, -0.15) is 8.42 Å². The molecule has 1 N–H and O–H groups in total. The van der Waals surface area contributed by atoms with Crippen LogP contribution in [0.2, 0.25) is 0 Å². The van der Waals surface area contributed by atoms with E-state index in [1.54, 1.807) is 24.3 Å². The van der Waals surface area contributed by atoms with E-state index < -0.39 is 21.6 Å². The SMILES string of the molecule is COC(=O)[C@]1(C)CCC[C@@]2(C)[C@@H]3C[C@H]4CC[C@@]3(CC[C@@H]21)[C@@H](O)[C@H]4COS(=O)(=O)c1ccc(C)cc1. The largest absolute Gasteiger partial charge is 0.469 e. The quantitative estimate of drug-likeness (QED) is 0.454. The molecule has 0 amide bonds. The Balaban J connectivity index is 1.38. The van der Waals surface area contributed by atoms with Crippen molar-refractivity contribution in [2.45, 2.75) is 83.1 Å². The molecule has 1 aromatic rings. The van der Waals surface area contributed by atoms with E-state index in [1.165, 1.54) is 7.11 Å². The van der Waals surface area contributed by atoms with Crippen LogP contribution in [-0.4, -0.2) is 39.3 Å². The van der Waals surface area contributed by atoms with Crippen LogP contribution in [0.25, 0.3) is 0 Å². The van der Waals surface area contributed by atoms with Crippen molar-refractivity contribution in [2.24, 2.45) is 39.9 Å². The lowest BCUT2D eigenvalue weighted by atomic mass is 9.35. The molecular formula is C28H40O6S. The highest BCUT2D eigenvalue weighted by Gasteiger charge is 2.68. The molecule has 5 aliphatic rings. The zero-order chi connectivity index (χ0) is 25.2. The van der Waals surface area contributed by atoms with Crippen LogP contribution in [0.15, 0.2) is 29.2 Å². The number of esters is 1. The maximum atomic E-state index is 12.9. The molecule has 5 fully saturated rings. The second kappa shape index (κ2) is 8.56. The lowest BCUT2D eigenvalue weighted by molar-refractivity contribution is -0.247. The van der Waals surface area contributed by atoms with Gasteiger partial charge in [0.2, 0.25) is 0 Å². The molecule has 35 heavy (non-hydrogen) atoms. The van der Waals surface area contributed by atoms with Crippen LogP contribution in [0.1, 0.15) is 70.8 Å². The van der Waals surface area contributed by atoms with E-state index in [9.17, 15) is 18.3 Å². The zero-order valence-corrected chi connectivity index (χ0v) is 22.3. The van der Waals surface area contributed by atoms with Gasteiger partial charge in [-0.3, -0.25) is 8.98 Å². The van der Waals surface area contributed by atoms with Gasteiger partial charge in [0.1, 0.15) is 0 Å². The molecule has 7 heteroatoms. The summed E-state index contributed by atoms with van der Waals surface area (Å²) in [7, 11) is -2.38. The summed E-state index contributed by atoms with van der Waals surface area (Å²) in [6.07, 6.45) is 7.06. The number of ether oxygens (including phenoxy) is 1. The van der Waals surface area contributed by atoms with Gasteiger partial charge in [0.05, 0.1) is 30.1 Å². The van der Waals surface area contributed by atoms with Crippen molar-refractivity contribution in [3.05, 3.63) is 29.8 Å². The van der Waals surface area contributed by atoms with E-state index in [4.69, 9.17) is 8.92 Å². The van der Waals surface area contributed by atoms with Gasteiger partial charge in [-0.15, -0.1) is 0 Å². The average molecular weight is 505 g/mol. The van der Waals surface area contributed by atoms with Crippen LogP contribution < -0.4 is 0 Å². The van der Waals surface area contributed by atoms with Crippen molar-refractivity contribution in [3.8, 4) is 0 Å². The fourth-order valence-corrected chi connectivity index (χ4v) is 10.1. The number of aliphatic hydroxyl groups excluding tert-OH is 1. The monoisotopic (exact) mass is 504 g/mol. The molecule has 0 aromatic heterocycles. The molecule has 0 heterocycles. The molecule has 6 rings (SSSR count). The van der Waals surface area contributed by atoms with Gasteiger partial charge in [0.15, 0.2) is 0 Å². The summed E-state index contributed by atoms with van der Waals surface area (Å²) in [5.74, 6) is 0.521. The number of methoxy groups -OCH3 is 1. The Labute approximate surface area is 209 Å². The Hall–Kier alpha value is -1.44. The summed E-state index contributed by atoms with van der Waals surface area (Å²) >= 11 is 0. The molecular weight excluding hydrogens is 464 g/mol. The molecule has 0 unspecified atom stereocenters. The third-order valence-electron chi connectivity index (χ3n) is 10.9. The van der Waals surface area contributed by atoms with Crippen LogP contribution in [0.4, 0.5) is 0 Å². The summed E-state index contributed by atoms with van der Waals surface area (Å²) in [5, 5.41) is 11.8. The lowest BCUT2D eigenvalue weighted by Gasteiger charge is -2.69. The highest BCUT2D eigenvalue weighted by molar-refractivity contribution is 7.86. The van der Waals surface area contributed by atoms with Gasteiger partial charge < -0.3 is 9.84 Å². The number of rotatable bonds is 5. The summed E-state index contributed by atoms with van der Waals surface area (Å²) < 4.78 is 36.5. The molecule has 5 aliphatic carbocycles. The van der Waals surface area contributed by atoms with E-state index in [0.717, 1.165) is 56.9 Å². The molecule has 8 atom stereocenters. The standard InChI is InChI=1S/C28H40O6S/c1-18-6-8-20(9-7-18)35(31,32)34-17-21-19-10-14-28(24(21)29)15-11-22-26(2,23(28)16-19)12-5-13-27(22,3)25(30)33-4/h6-9,19,21-24,29H,5,10-17H2,1-4H3/t19-,21+,22+,23+,24+,26-,27-,28+/m1/s1. The predicted octanol–water partition coefficient (Wildman–Crippen LogP) is 4.87. The highest BCUT2D eigenvalue weighted by atomic mass is 32.2. The van der Waals surface area contributed by atoms with E-state index in [2.05, 4.69) is 13.8 Å². The molecule has 5 saturated carbocycles. The fourth-order valence-electron chi connectivity index (χ4n) is 9.12. The molecule has 194 valence electrons. The molecule has 0 aliphatic heterocycles. The van der Waals surface area contributed by atoms with Crippen molar-refractivity contribution in [1.82, 2.24) is 0 Å². The molecule has 1 aromatic carbocycles. The Kier molecular flexibility index (Phi) is 6.17. The van der Waals surface area contributed by atoms with Gasteiger partial charge in [-0.25, -0.2) is 0 Å². The minimum Gasteiger partial charge on any atom is -0.469 e. The first-order valence-corrected chi connectivity index (χ1v) is 14.6. The van der Waals surface area contributed by atoms with Gasteiger partial charge in [0.25, 0.3) is 10.1 Å². The Bertz CT molecular complexity index is 1080. The molecule has 2 bridgehead atoms. The first-order valence-electron chi connectivity index (χ1n) is 13.2. The fraction of sp³-hybridized carbons (Fsp3) is 0.750. The molecule has 6 nitrogen and oxygen atoms in total. The summed E-state index contributed by atoms with van der Waals surface area (Å²) in [6.45, 7) is 6.38. The first-order chi connectivity index (χ1) is 16.5. The summed E-state index contributed by atoms with van der Waals surface area (Å²) in [5.41, 5.74) is 0.258. The van der Waals surface area contributed by atoms with Crippen LogP contribution in [0, 0.1) is 46.8 Å². The number of hydrogen-bond donors (Lipinski definition) is 1. The number of carbonyl (C=O) groups is 1. The van der Waals surface area contributed by atoms with Crippen LogP contribution in [0.3, 0.4) is 0 Å². The smallest absolute Gasteiger partial charge is 0.311 e. The first kappa shape index (κ1) is 25.2. The molecule has 1 spiro atoms. The van der Waals surface area contributed by atoms with Crippen molar-refractivity contribution in [1.29, 1.82) is 0 Å². The number of hydrogen-bond acceptors (Lipinski definition) is 6. The summed E-state index contributed by atoms with van der Waals surface area (Å²) in [6, 6.07) is 6.68. The number of fused-ring (bicyclic) bond motifs is 3. The Morgan fingerprint density at radius 1 is 1.06 bits per heavy atom. The third-order valence-corrected chi connectivity index (χ3v) is 12.2. The minimum absolute atomic E-state index is 0.0243. The normalized spacial score (nSPS) is 42.7. The van der Waals surface area contributed by atoms with Crippen molar-refractivity contribution >= 4 is 16.1 Å². The van der Waals surface area contributed by atoms with E-state index in [0.29, 0.717) is 5.92 Å². The van der Waals surface area contributed by atoms with Crippen molar-refractivity contribution in [3.63, 3.8) is 0 Å². The van der Waals surface area contributed by atoms with Crippen molar-refractivity contribution < 1.29 is 27.2 Å². The number of carbonyl (C=O) groups excluding carboxylic acids is 1. The number of benzene rings is 1. The summed E-state index contributed by atoms with van der Waals surface area (Å²) in [4.78, 5) is 13.0. The van der Waals surface area contributed by atoms with Crippen LogP contribution in [0.5, 0.6) is 0 Å². The van der Waals surface area contributed by atoms with Gasteiger partial charge in [-0.1, -0.05) is 31.0 Å². The number of aliphatic hydroxyl groups is 1. The Morgan fingerprint density at radius 2 is 1.74 bits per heavy atom. The zero-order valence-electron chi connectivity index (χ0n) is 21.5. The van der Waals surface area contributed by atoms with Crippen LogP contribution in [-0.2, 0) is 23.8 Å².